The van der Waals surface area contributed by atoms with Crippen molar-refractivity contribution < 1.29 is 19.0 Å². The number of hydrogen-bond acceptors (Lipinski definition) is 2. The third-order valence-corrected chi connectivity index (χ3v) is 1.72. The van der Waals surface area contributed by atoms with E-state index in [1.807, 2.05) is 0 Å². The van der Waals surface area contributed by atoms with Crippen LogP contribution in [-0.4, -0.2) is 16.8 Å². The molecule has 13 heavy (non-hydrogen) atoms. The van der Waals surface area contributed by atoms with E-state index in [0.717, 1.165) is 6.07 Å². The molecule has 0 radical (unpaired) electrons. The van der Waals surface area contributed by atoms with Crippen LogP contribution in [0, 0.1) is 11.6 Å². The van der Waals surface area contributed by atoms with E-state index in [9.17, 15) is 8.78 Å². The molecule has 0 spiro atoms. The molecule has 0 aliphatic heterocycles. The maximum Gasteiger partial charge on any atom is 0.167 e. The Balaban J connectivity index is 2.88. The maximum absolute atomic E-state index is 12.9. The summed E-state index contributed by atoms with van der Waals surface area (Å²) in [6.07, 6.45) is 0.679. The van der Waals surface area contributed by atoms with Gasteiger partial charge in [-0.2, -0.15) is 0 Å². The van der Waals surface area contributed by atoms with Gasteiger partial charge in [-0.05, 0) is 24.5 Å². The molecule has 2 N–H and O–H groups in total. The van der Waals surface area contributed by atoms with Crippen molar-refractivity contribution in [2.75, 3.05) is 6.61 Å². The summed E-state index contributed by atoms with van der Waals surface area (Å²) in [6.45, 7) is -0.0580. The van der Waals surface area contributed by atoms with E-state index >= 15 is 0 Å². The van der Waals surface area contributed by atoms with Crippen molar-refractivity contribution in [2.24, 2.45) is 0 Å². The first kappa shape index (κ1) is 9.92. The summed E-state index contributed by atoms with van der Waals surface area (Å²) in [5.74, 6) is -2.22. The van der Waals surface area contributed by atoms with Gasteiger partial charge in [0.05, 0.1) is 0 Å². The minimum absolute atomic E-state index is 0.0580. The second-order valence-corrected chi connectivity index (χ2v) is 2.72. The Labute approximate surface area is 74.4 Å². The lowest BCUT2D eigenvalue weighted by atomic mass is 10.1. The van der Waals surface area contributed by atoms with Gasteiger partial charge >= 0.3 is 0 Å². The van der Waals surface area contributed by atoms with Crippen LogP contribution in [-0.2, 0) is 6.42 Å². The SMILES string of the molecule is OCCCc1cc(O)c(F)cc1F. The predicted octanol–water partition coefficient (Wildman–Crippen LogP) is 1.60. The lowest BCUT2D eigenvalue weighted by molar-refractivity contribution is 0.288. The Bertz CT molecular complexity index is 300. The normalized spacial score (nSPS) is 10.4. The Morgan fingerprint density at radius 3 is 2.46 bits per heavy atom. The van der Waals surface area contributed by atoms with Gasteiger partial charge in [0.15, 0.2) is 11.6 Å². The second-order valence-electron chi connectivity index (χ2n) is 2.72. The molecular weight excluding hydrogens is 178 g/mol. The Morgan fingerprint density at radius 2 is 1.85 bits per heavy atom. The van der Waals surface area contributed by atoms with Crippen LogP contribution in [0.5, 0.6) is 5.75 Å². The van der Waals surface area contributed by atoms with Crippen LogP contribution in [0.2, 0.25) is 0 Å². The molecule has 0 saturated carbocycles. The van der Waals surface area contributed by atoms with Crippen LogP contribution in [0.1, 0.15) is 12.0 Å². The highest BCUT2D eigenvalue weighted by Gasteiger charge is 2.08. The standard InChI is InChI=1S/C9H10F2O2/c10-7-5-8(11)9(13)4-6(7)2-1-3-12/h4-5,12-13H,1-3H2. The number of benzene rings is 1. The van der Waals surface area contributed by atoms with Crippen LogP contribution >= 0.6 is 0 Å². The molecule has 1 rings (SSSR count). The van der Waals surface area contributed by atoms with Crippen molar-refractivity contribution >= 4 is 0 Å². The fourth-order valence-electron chi connectivity index (χ4n) is 1.04. The van der Waals surface area contributed by atoms with Crippen LogP contribution in [0.3, 0.4) is 0 Å². The van der Waals surface area contributed by atoms with Crippen molar-refractivity contribution in [2.45, 2.75) is 12.8 Å². The first-order valence-corrected chi connectivity index (χ1v) is 3.93. The zero-order chi connectivity index (χ0) is 9.84. The summed E-state index contributed by atoms with van der Waals surface area (Å²) in [5, 5.41) is 17.4. The molecule has 72 valence electrons. The first-order chi connectivity index (χ1) is 6.15. The molecule has 0 amide bonds. The van der Waals surface area contributed by atoms with E-state index < -0.39 is 17.4 Å². The van der Waals surface area contributed by atoms with Crippen LogP contribution in [0.15, 0.2) is 12.1 Å². The third-order valence-electron chi connectivity index (χ3n) is 1.72. The van der Waals surface area contributed by atoms with Gasteiger partial charge < -0.3 is 10.2 Å². The average Bonchev–Trinajstić information content (AvgIpc) is 2.09. The van der Waals surface area contributed by atoms with Crippen LogP contribution < -0.4 is 0 Å². The molecule has 0 aliphatic carbocycles. The number of aryl methyl sites for hydroxylation is 1. The van der Waals surface area contributed by atoms with Gasteiger partial charge in [-0.1, -0.05) is 0 Å². The van der Waals surface area contributed by atoms with E-state index in [2.05, 4.69) is 0 Å². The molecule has 1 aromatic carbocycles. The molecule has 4 heteroatoms. The molecular formula is C9H10F2O2. The third kappa shape index (κ3) is 2.39. The van der Waals surface area contributed by atoms with Gasteiger partial charge in [0, 0.05) is 12.7 Å². The lowest BCUT2D eigenvalue weighted by Gasteiger charge is -2.03. The molecule has 0 fully saturated rings. The average molecular weight is 188 g/mol. The summed E-state index contributed by atoms with van der Waals surface area (Å²) < 4.78 is 25.5. The molecule has 0 unspecified atom stereocenters. The summed E-state index contributed by atoms with van der Waals surface area (Å²) in [7, 11) is 0. The Kier molecular flexibility index (Phi) is 3.19. The number of halogens is 2. The predicted molar refractivity (Wildman–Crippen MR) is 43.4 cm³/mol. The van der Waals surface area contributed by atoms with Crippen LogP contribution in [0.4, 0.5) is 8.78 Å². The smallest absolute Gasteiger partial charge is 0.167 e. The van der Waals surface area contributed by atoms with Crippen molar-refractivity contribution in [3.05, 3.63) is 29.3 Å². The number of aliphatic hydroxyl groups excluding tert-OH is 1. The van der Waals surface area contributed by atoms with Gasteiger partial charge in [0.2, 0.25) is 0 Å². The number of rotatable bonds is 3. The molecule has 1 aromatic rings. The summed E-state index contributed by atoms with van der Waals surface area (Å²) in [6, 6.07) is 1.68. The van der Waals surface area contributed by atoms with Crippen molar-refractivity contribution in [1.82, 2.24) is 0 Å². The van der Waals surface area contributed by atoms with E-state index in [1.165, 1.54) is 0 Å². The van der Waals surface area contributed by atoms with Crippen molar-refractivity contribution in [3.63, 3.8) is 0 Å². The van der Waals surface area contributed by atoms with Gasteiger partial charge in [-0.25, -0.2) is 8.78 Å². The second kappa shape index (κ2) is 4.18. The molecule has 0 saturated heterocycles. The highest BCUT2D eigenvalue weighted by atomic mass is 19.1. The van der Waals surface area contributed by atoms with Crippen LogP contribution in [0.25, 0.3) is 0 Å². The number of aromatic hydroxyl groups is 1. The number of hydrogen-bond donors (Lipinski definition) is 2. The van der Waals surface area contributed by atoms with E-state index in [-0.39, 0.29) is 18.6 Å². The minimum Gasteiger partial charge on any atom is -0.505 e. The quantitative estimate of drug-likeness (QED) is 0.756. The highest BCUT2D eigenvalue weighted by Crippen LogP contribution is 2.20. The number of phenolic OH excluding ortho intramolecular Hbond substituents is 1. The molecule has 0 heterocycles. The minimum atomic E-state index is -0.967. The van der Waals surface area contributed by atoms with E-state index in [4.69, 9.17) is 10.2 Å². The Morgan fingerprint density at radius 1 is 1.15 bits per heavy atom. The van der Waals surface area contributed by atoms with Crippen molar-refractivity contribution in [1.29, 1.82) is 0 Å². The molecule has 0 aromatic heterocycles. The fraction of sp³-hybridized carbons (Fsp3) is 0.333. The molecule has 2 nitrogen and oxygen atoms in total. The van der Waals surface area contributed by atoms with E-state index in [0.29, 0.717) is 12.5 Å². The van der Waals surface area contributed by atoms with E-state index in [1.54, 1.807) is 0 Å². The van der Waals surface area contributed by atoms with Gasteiger partial charge in [0.25, 0.3) is 0 Å². The molecule has 0 bridgehead atoms. The number of aliphatic hydroxyl groups is 1. The highest BCUT2D eigenvalue weighted by molar-refractivity contribution is 5.30. The monoisotopic (exact) mass is 188 g/mol. The largest absolute Gasteiger partial charge is 0.505 e. The van der Waals surface area contributed by atoms with Gasteiger partial charge in [-0.3, -0.25) is 0 Å². The summed E-state index contributed by atoms with van der Waals surface area (Å²) >= 11 is 0. The first-order valence-electron chi connectivity index (χ1n) is 3.93. The zero-order valence-corrected chi connectivity index (χ0v) is 6.93. The Hall–Kier alpha value is -1.16. The van der Waals surface area contributed by atoms with Gasteiger partial charge in [0.1, 0.15) is 5.82 Å². The molecule has 0 atom stereocenters. The maximum atomic E-state index is 12.9. The summed E-state index contributed by atoms with van der Waals surface area (Å²) in [5.41, 5.74) is 0.216. The number of phenols is 1. The van der Waals surface area contributed by atoms with Gasteiger partial charge in [-0.15, -0.1) is 0 Å². The topological polar surface area (TPSA) is 40.5 Å². The fourth-order valence-corrected chi connectivity index (χ4v) is 1.04. The summed E-state index contributed by atoms with van der Waals surface area (Å²) in [4.78, 5) is 0. The van der Waals surface area contributed by atoms with Crippen molar-refractivity contribution in [3.8, 4) is 5.75 Å². The molecule has 0 aliphatic rings. The zero-order valence-electron chi connectivity index (χ0n) is 6.93. The lowest BCUT2D eigenvalue weighted by Crippen LogP contribution is -1.94.